The molecule has 28 heavy (non-hydrogen) atoms. The number of imidazole rings is 1. The summed E-state index contributed by atoms with van der Waals surface area (Å²) < 4.78 is 6.97. The maximum atomic E-state index is 12.3. The number of carbonyl (C=O) groups is 1. The van der Waals surface area contributed by atoms with Gasteiger partial charge in [-0.1, -0.05) is 23.1 Å². The number of nitrogens with zero attached hydrogens (tertiary/aromatic N) is 2. The molecule has 0 spiro atoms. The van der Waals surface area contributed by atoms with Gasteiger partial charge in [-0.3, -0.25) is 4.79 Å². The minimum absolute atomic E-state index is 0.174. The van der Waals surface area contributed by atoms with Crippen molar-refractivity contribution in [3.8, 4) is 0 Å². The number of halogens is 1. The molecule has 4 rings (SSSR count). The highest BCUT2D eigenvalue weighted by Crippen LogP contribution is 2.28. The molecule has 0 bridgehead atoms. The van der Waals surface area contributed by atoms with Gasteiger partial charge in [0.2, 0.25) is 11.0 Å². The molecule has 148 valence electrons. The van der Waals surface area contributed by atoms with E-state index < -0.39 is 0 Å². The van der Waals surface area contributed by atoms with E-state index in [1.807, 2.05) is 0 Å². The number of nitrogens with one attached hydrogen (secondary N) is 4. The van der Waals surface area contributed by atoms with Gasteiger partial charge in [0.1, 0.15) is 0 Å². The number of ether oxygens (including phenoxy) is 1. The Bertz CT molecular complexity index is 1040. The van der Waals surface area contributed by atoms with Crippen LogP contribution < -0.4 is 16.3 Å². The maximum Gasteiger partial charge on any atom is 0.323 e. The Hall–Kier alpha value is -1.89. The van der Waals surface area contributed by atoms with Gasteiger partial charge in [0.05, 0.1) is 28.6 Å². The third-order valence-corrected chi connectivity index (χ3v) is 6.79. The van der Waals surface area contributed by atoms with Gasteiger partial charge in [0, 0.05) is 17.6 Å². The standard InChI is InChI=1S/C16H17BrN6O3S2/c17-9-4-11-12(21-14(25)20-11)5-10(9)19-13(24)7-27-16-23-22-15(28-16)18-6-8-2-1-3-26-8/h4-5,8H,1-3,6-7H2,(H,18,22)(H,19,24)(H2,20,21,25)/t8-/m1/s1. The van der Waals surface area contributed by atoms with Crippen LogP contribution in [0.1, 0.15) is 12.8 Å². The van der Waals surface area contributed by atoms with Crippen molar-refractivity contribution < 1.29 is 9.53 Å². The number of anilines is 2. The molecule has 0 unspecified atom stereocenters. The smallest absolute Gasteiger partial charge is 0.323 e. The number of H-pyrrole nitrogens is 2. The van der Waals surface area contributed by atoms with Gasteiger partial charge >= 0.3 is 5.69 Å². The molecule has 4 N–H and O–H groups in total. The number of aromatic nitrogens is 4. The van der Waals surface area contributed by atoms with Crippen LogP contribution in [0.2, 0.25) is 0 Å². The van der Waals surface area contributed by atoms with E-state index >= 15 is 0 Å². The first kappa shape index (κ1) is 19.4. The van der Waals surface area contributed by atoms with Gasteiger partial charge in [-0.15, -0.1) is 10.2 Å². The van der Waals surface area contributed by atoms with Crippen molar-refractivity contribution in [2.75, 3.05) is 29.5 Å². The minimum atomic E-state index is -0.291. The molecule has 1 aliphatic heterocycles. The molecule has 12 heteroatoms. The number of hydrogen-bond acceptors (Lipinski definition) is 8. The van der Waals surface area contributed by atoms with Crippen LogP contribution in [0.25, 0.3) is 11.0 Å². The van der Waals surface area contributed by atoms with Crippen LogP contribution in [0, 0.1) is 0 Å². The Labute approximate surface area is 176 Å². The van der Waals surface area contributed by atoms with Crippen molar-refractivity contribution in [3.05, 3.63) is 27.1 Å². The second-order valence-corrected chi connectivity index (χ2v) is 9.24. The number of rotatable bonds is 7. The summed E-state index contributed by atoms with van der Waals surface area (Å²) in [4.78, 5) is 29.0. The predicted molar refractivity (Wildman–Crippen MR) is 113 cm³/mol. The van der Waals surface area contributed by atoms with E-state index in [0.29, 0.717) is 21.2 Å². The normalized spacial score (nSPS) is 16.5. The third-order valence-electron chi connectivity index (χ3n) is 4.12. The largest absolute Gasteiger partial charge is 0.376 e. The number of fused-ring (bicyclic) bond motifs is 1. The molecular formula is C16H17BrN6O3S2. The summed E-state index contributed by atoms with van der Waals surface area (Å²) in [7, 11) is 0. The topological polar surface area (TPSA) is 125 Å². The molecule has 1 aromatic carbocycles. The second-order valence-electron chi connectivity index (χ2n) is 6.18. The molecule has 0 radical (unpaired) electrons. The van der Waals surface area contributed by atoms with Crippen molar-refractivity contribution in [2.24, 2.45) is 0 Å². The first-order valence-corrected chi connectivity index (χ1v) is 11.2. The number of hydrogen-bond donors (Lipinski definition) is 4. The maximum absolute atomic E-state index is 12.3. The van der Waals surface area contributed by atoms with Crippen LogP contribution in [0.15, 0.2) is 25.7 Å². The lowest BCUT2D eigenvalue weighted by Gasteiger charge is -2.08. The second kappa shape index (κ2) is 8.64. The third kappa shape index (κ3) is 4.74. The first-order chi connectivity index (χ1) is 13.6. The molecule has 3 aromatic rings. The molecule has 0 saturated carbocycles. The zero-order valence-electron chi connectivity index (χ0n) is 14.6. The molecule has 1 fully saturated rings. The molecule has 2 aromatic heterocycles. The summed E-state index contributed by atoms with van der Waals surface area (Å²) >= 11 is 6.14. The van der Waals surface area contributed by atoms with Crippen LogP contribution >= 0.6 is 39.0 Å². The Morgan fingerprint density at radius 3 is 2.96 bits per heavy atom. The van der Waals surface area contributed by atoms with Crippen molar-refractivity contribution in [3.63, 3.8) is 0 Å². The molecule has 9 nitrogen and oxygen atoms in total. The summed E-state index contributed by atoms with van der Waals surface area (Å²) in [5, 5.41) is 15.0. The zero-order chi connectivity index (χ0) is 19.5. The van der Waals surface area contributed by atoms with E-state index in [1.54, 1.807) is 12.1 Å². The average Bonchev–Trinajstić information content (AvgIpc) is 3.39. The average molecular weight is 485 g/mol. The monoisotopic (exact) mass is 484 g/mol. The molecule has 1 amide bonds. The fourth-order valence-corrected chi connectivity index (χ4v) is 4.81. The first-order valence-electron chi connectivity index (χ1n) is 8.60. The van der Waals surface area contributed by atoms with E-state index in [2.05, 4.69) is 46.7 Å². The number of amides is 1. The van der Waals surface area contributed by atoms with Gasteiger partial charge in [-0.05, 0) is 40.9 Å². The SMILES string of the molecule is O=C(CSc1nnc(NC[C@H]2CCCO2)s1)Nc1cc2[nH]c(=O)[nH]c2cc1Br. The summed E-state index contributed by atoms with van der Waals surface area (Å²) in [5.41, 5.74) is 1.59. The highest BCUT2D eigenvalue weighted by Gasteiger charge is 2.16. The number of aromatic amines is 2. The lowest BCUT2D eigenvalue weighted by Crippen LogP contribution is -2.18. The summed E-state index contributed by atoms with van der Waals surface area (Å²) in [5.74, 6) is 0.0288. The van der Waals surface area contributed by atoms with Crippen LogP contribution in [-0.2, 0) is 9.53 Å². The zero-order valence-corrected chi connectivity index (χ0v) is 17.8. The van der Waals surface area contributed by atoms with E-state index in [0.717, 1.165) is 35.5 Å². The van der Waals surface area contributed by atoms with Gasteiger partial charge < -0.3 is 25.3 Å². The summed E-state index contributed by atoms with van der Waals surface area (Å²) in [6, 6.07) is 3.45. The molecule has 1 atom stereocenters. The van der Waals surface area contributed by atoms with Gasteiger partial charge in [-0.25, -0.2) is 4.79 Å². The molecular weight excluding hydrogens is 468 g/mol. The van der Waals surface area contributed by atoms with Crippen LogP contribution in [0.4, 0.5) is 10.8 Å². The van der Waals surface area contributed by atoms with Crippen molar-refractivity contribution in [1.29, 1.82) is 0 Å². The van der Waals surface area contributed by atoms with E-state index in [-0.39, 0.29) is 23.5 Å². The highest BCUT2D eigenvalue weighted by atomic mass is 79.9. The summed E-state index contributed by atoms with van der Waals surface area (Å²) in [6.07, 6.45) is 2.39. The Balaban J connectivity index is 1.29. The van der Waals surface area contributed by atoms with Crippen LogP contribution in [0.3, 0.4) is 0 Å². The van der Waals surface area contributed by atoms with Gasteiger partial charge in [0.15, 0.2) is 4.34 Å². The lowest BCUT2D eigenvalue weighted by molar-refractivity contribution is -0.113. The van der Waals surface area contributed by atoms with E-state index in [1.165, 1.54) is 23.1 Å². The molecule has 3 heterocycles. The lowest BCUT2D eigenvalue weighted by atomic mass is 10.2. The minimum Gasteiger partial charge on any atom is -0.376 e. The number of benzene rings is 1. The van der Waals surface area contributed by atoms with Gasteiger partial charge in [0.25, 0.3) is 0 Å². The van der Waals surface area contributed by atoms with E-state index in [9.17, 15) is 9.59 Å². The fraction of sp³-hybridized carbons (Fsp3) is 0.375. The number of thioether (sulfide) groups is 1. The Morgan fingerprint density at radius 2 is 2.18 bits per heavy atom. The fourth-order valence-electron chi connectivity index (χ4n) is 2.81. The predicted octanol–water partition coefficient (Wildman–Crippen LogP) is 2.79. The Kier molecular flexibility index (Phi) is 5.99. The molecule has 0 aliphatic carbocycles. The van der Waals surface area contributed by atoms with Crippen molar-refractivity contribution in [2.45, 2.75) is 23.3 Å². The van der Waals surface area contributed by atoms with Crippen LogP contribution in [-0.4, -0.2) is 51.1 Å². The quantitative estimate of drug-likeness (QED) is 0.380. The molecule has 1 aliphatic rings. The van der Waals surface area contributed by atoms with Gasteiger partial charge in [-0.2, -0.15) is 0 Å². The van der Waals surface area contributed by atoms with Crippen molar-refractivity contribution >= 4 is 66.8 Å². The molecule has 1 saturated heterocycles. The van der Waals surface area contributed by atoms with Crippen molar-refractivity contribution in [1.82, 2.24) is 20.2 Å². The Morgan fingerprint density at radius 1 is 1.36 bits per heavy atom. The highest BCUT2D eigenvalue weighted by molar-refractivity contribution is 9.10. The summed E-state index contributed by atoms with van der Waals surface area (Å²) in [6.45, 7) is 1.54. The van der Waals surface area contributed by atoms with E-state index in [4.69, 9.17) is 4.74 Å². The number of carbonyl (C=O) groups excluding carboxylic acids is 1. The van der Waals surface area contributed by atoms with Crippen LogP contribution in [0.5, 0.6) is 0 Å².